The molecule has 1 aliphatic rings. The second-order valence-electron chi connectivity index (χ2n) is 8.72. The highest BCUT2D eigenvalue weighted by Gasteiger charge is 2.57. The van der Waals surface area contributed by atoms with Gasteiger partial charge in [-0.15, -0.1) is 11.3 Å². The van der Waals surface area contributed by atoms with Crippen molar-refractivity contribution >= 4 is 29.0 Å². The number of hydrogen-bond acceptors (Lipinski definition) is 6. The zero-order chi connectivity index (χ0) is 25.9. The molecule has 1 fully saturated rings. The smallest absolute Gasteiger partial charge is 0.327 e. The van der Waals surface area contributed by atoms with Gasteiger partial charge < -0.3 is 10.0 Å². The summed E-state index contributed by atoms with van der Waals surface area (Å²) < 4.78 is 0. The minimum atomic E-state index is -1.33. The average Bonchev–Trinajstić information content (AvgIpc) is 3.60. The van der Waals surface area contributed by atoms with Crippen molar-refractivity contribution in [2.75, 3.05) is 0 Å². The van der Waals surface area contributed by atoms with E-state index < -0.39 is 35.8 Å². The number of carboxylic acid groups (broad SMARTS) is 1. The molecule has 8 heteroatoms. The molecular formula is C29H21N3O4S. The number of likely N-dealkylation sites (tertiary alicyclic amines) is 1. The van der Waals surface area contributed by atoms with Crippen LogP contribution in [0.15, 0.2) is 96.6 Å². The predicted octanol–water partition coefficient (Wildman–Crippen LogP) is 4.95. The number of ketones is 1. The lowest BCUT2D eigenvalue weighted by molar-refractivity contribution is -0.142. The van der Waals surface area contributed by atoms with Crippen molar-refractivity contribution in [3.05, 3.63) is 124 Å². The van der Waals surface area contributed by atoms with Crippen LogP contribution in [-0.4, -0.2) is 38.7 Å². The molecule has 4 atom stereocenters. The van der Waals surface area contributed by atoms with Gasteiger partial charge in [-0.05, 0) is 52.9 Å². The number of pyridine rings is 1. The first-order valence-electron chi connectivity index (χ1n) is 11.6. The summed E-state index contributed by atoms with van der Waals surface area (Å²) in [5.41, 5.74) is 1.88. The summed E-state index contributed by atoms with van der Waals surface area (Å²) in [5.74, 6) is -3.70. The summed E-state index contributed by atoms with van der Waals surface area (Å²) >= 11 is 1.27. The van der Waals surface area contributed by atoms with Crippen LogP contribution in [0.25, 0.3) is 0 Å². The molecule has 3 heterocycles. The third-order valence-electron chi connectivity index (χ3n) is 6.69. The van der Waals surface area contributed by atoms with Crippen LogP contribution in [0.5, 0.6) is 0 Å². The second kappa shape index (κ2) is 10.2. The Bertz CT molecular complexity index is 1470. The first kappa shape index (κ1) is 24.1. The molecule has 1 amide bonds. The molecule has 1 saturated heterocycles. The van der Waals surface area contributed by atoms with Gasteiger partial charge in [0.15, 0.2) is 5.78 Å². The number of nitriles is 1. The Kier molecular flexibility index (Phi) is 6.62. The number of amides is 1. The first-order valence-corrected chi connectivity index (χ1v) is 12.5. The molecule has 2 aromatic carbocycles. The predicted molar refractivity (Wildman–Crippen MR) is 137 cm³/mol. The second-order valence-corrected chi connectivity index (χ2v) is 9.67. The minimum absolute atomic E-state index is 0.243. The van der Waals surface area contributed by atoms with Crippen LogP contribution in [0.1, 0.15) is 48.7 Å². The molecule has 0 bridgehead atoms. The largest absolute Gasteiger partial charge is 0.480 e. The lowest BCUT2D eigenvalue weighted by Crippen LogP contribution is -2.43. The fourth-order valence-electron chi connectivity index (χ4n) is 5.14. The van der Waals surface area contributed by atoms with E-state index in [1.165, 1.54) is 16.2 Å². The normalized spacial score (nSPS) is 20.8. The molecule has 4 unspecified atom stereocenters. The molecule has 0 spiro atoms. The summed E-state index contributed by atoms with van der Waals surface area (Å²) in [7, 11) is 0. The van der Waals surface area contributed by atoms with Crippen LogP contribution in [-0.2, 0) is 4.79 Å². The number of nitrogens with zero attached hydrogens (tertiary/aromatic N) is 3. The molecular weight excluding hydrogens is 486 g/mol. The lowest BCUT2D eigenvalue weighted by atomic mass is 9.77. The van der Waals surface area contributed by atoms with Crippen LogP contribution >= 0.6 is 11.3 Å². The summed E-state index contributed by atoms with van der Waals surface area (Å²) in [6, 6.07) is 21.8. The van der Waals surface area contributed by atoms with Crippen molar-refractivity contribution in [2.24, 2.45) is 5.92 Å². The summed E-state index contributed by atoms with van der Waals surface area (Å²) in [6.45, 7) is 0. The maximum Gasteiger partial charge on any atom is 0.327 e. The van der Waals surface area contributed by atoms with Crippen LogP contribution in [0.3, 0.4) is 0 Å². The molecule has 2 aromatic heterocycles. The lowest BCUT2D eigenvalue weighted by Gasteiger charge is -2.30. The Balaban J connectivity index is 1.76. The van der Waals surface area contributed by atoms with E-state index >= 15 is 0 Å². The molecule has 4 aromatic rings. The maximum absolute atomic E-state index is 14.1. The zero-order valence-electron chi connectivity index (χ0n) is 19.5. The number of thiophene rings is 1. The first-order chi connectivity index (χ1) is 18.0. The number of aromatic nitrogens is 1. The SMILES string of the molecule is N#Cc1ccc(C2C(C(=O)c3cccs3)C(c3cccnc3)N(C(=O)c3ccccc3)C2C(=O)O)cc1. The van der Waals surface area contributed by atoms with Crippen molar-refractivity contribution in [1.29, 1.82) is 5.26 Å². The Labute approximate surface area is 217 Å². The van der Waals surface area contributed by atoms with E-state index in [1.54, 1.807) is 96.6 Å². The fraction of sp³-hybridized carbons (Fsp3) is 0.138. The van der Waals surface area contributed by atoms with Gasteiger partial charge in [0.2, 0.25) is 0 Å². The van der Waals surface area contributed by atoms with E-state index in [4.69, 9.17) is 0 Å². The van der Waals surface area contributed by atoms with E-state index in [-0.39, 0.29) is 5.78 Å². The summed E-state index contributed by atoms with van der Waals surface area (Å²) in [4.78, 5) is 47.0. The van der Waals surface area contributed by atoms with Crippen molar-refractivity contribution in [3.63, 3.8) is 0 Å². The molecule has 7 nitrogen and oxygen atoms in total. The fourth-order valence-corrected chi connectivity index (χ4v) is 5.86. The third kappa shape index (κ3) is 4.41. The van der Waals surface area contributed by atoms with Gasteiger partial charge in [0.05, 0.1) is 28.5 Å². The number of benzene rings is 2. The highest BCUT2D eigenvalue weighted by atomic mass is 32.1. The third-order valence-corrected chi connectivity index (χ3v) is 7.58. The van der Waals surface area contributed by atoms with Crippen molar-refractivity contribution in [1.82, 2.24) is 9.88 Å². The van der Waals surface area contributed by atoms with Gasteiger partial charge in [-0.25, -0.2) is 4.79 Å². The molecule has 1 N–H and O–H groups in total. The van der Waals surface area contributed by atoms with Crippen molar-refractivity contribution in [2.45, 2.75) is 18.0 Å². The van der Waals surface area contributed by atoms with Gasteiger partial charge >= 0.3 is 5.97 Å². The Hall–Kier alpha value is -4.61. The van der Waals surface area contributed by atoms with Gasteiger partial charge in [0.25, 0.3) is 5.91 Å². The van der Waals surface area contributed by atoms with E-state index in [1.807, 2.05) is 0 Å². The van der Waals surface area contributed by atoms with Gasteiger partial charge in [-0.1, -0.05) is 42.5 Å². The number of Topliss-reactive ketones (excluding diaryl/α,β-unsaturated/α-hetero) is 1. The van der Waals surface area contributed by atoms with Gasteiger partial charge in [-0.2, -0.15) is 5.26 Å². The standard InChI is InChI=1S/C29H21N3O4S/c30-16-18-10-12-19(13-11-18)23-24(27(33)22-9-5-15-37-22)25(21-8-4-14-31-17-21)32(26(23)29(35)36)28(34)20-6-2-1-3-7-20/h1-15,17,23-26H,(H,35,36). The number of carbonyl (C=O) groups is 3. The van der Waals surface area contributed by atoms with Crippen LogP contribution in [0, 0.1) is 17.2 Å². The van der Waals surface area contributed by atoms with E-state index in [9.17, 15) is 24.8 Å². The Morgan fingerprint density at radius 2 is 1.68 bits per heavy atom. The molecule has 5 rings (SSSR count). The number of carboxylic acids is 1. The van der Waals surface area contributed by atoms with Crippen LogP contribution in [0.2, 0.25) is 0 Å². The minimum Gasteiger partial charge on any atom is -0.480 e. The van der Waals surface area contributed by atoms with E-state index in [2.05, 4.69) is 11.1 Å². The molecule has 0 aliphatic carbocycles. The highest BCUT2D eigenvalue weighted by Crippen LogP contribution is 2.52. The summed E-state index contributed by atoms with van der Waals surface area (Å²) in [5, 5.41) is 21.6. The summed E-state index contributed by atoms with van der Waals surface area (Å²) in [6.07, 6.45) is 3.16. The number of hydrogen-bond donors (Lipinski definition) is 1. The number of carbonyl (C=O) groups excluding carboxylic acids is 2. The maximum atomic E-state index is 14.1. The van der Waals surface area contributed by atoms with Crippen molar-refractivity contribution in [3.8, 4) is 6.07 Å². The van der Waals surface area contributed by atoms with Gasteiger partial charge in [0.1, 0.15) is 6.04 Å². The Morgan fingerprint density at radius 3 is 2.27 bits per heavy atom. The molecule has 0 radical (unpaired) electrons. The van der Waals surface area contributed by atoms with E-state index in [0.717, 1.165) is 0 Å². The number of rotatable bonds is 6. The Morgan fingerprint density at radius 1 is 0.919 bits per heavy atom. The van der Waals surface area contributed by atoms with Crippen LogP contribution < -0.4 is 0 Å². The molecule has 182 valence electrons. The molecule has 1 aliphatic heterocycles. The van der Waals surface area contributed by atoms with Crippen LogP contribution in [0.4, 0.5) is 0 Å². The molecule has 37 heavy (non-hydrogen) atoms. The number of aliphatic carboxylic acids is 1. The van der Waals surface area contributed by atoms with Crippen molar-refractivity contribution < 1.29 is 19.5 Å². The van der Waals surface area contributed by atoms with Gasteiger partial charge in [-0.3, -0.25) is 14.6 Å². The van der Waals surface area contributed by atoms with Gasteiger partial charge in [0, 0.05) is 23.9 Å². The average molecular weight is 508 g/mol. The quantitative estimate of drug-likeness (QED) is 0.370. The highest BCUT2D eigenvalue weighted by molar-refractivity contribution is 7.12. The zero-order valence-corrected chi connectivity index (χ0v) is 20.3. The topological polar surface area (TPSA) is 111 Å². The monoisotopic (exact) mass is 507 g/mol. The molecule has 0 saturated carbocycles. The van der Waals surface area contributed by atoms with E-state index in [0.29, 0.717) is 27.1 Å².